The minimum absolute atomic E-state index is 0.359. The number of piperazine rings is 1. The molecule has 3 atom stereocenters. The Balaban J connectivity index is 1.72. The van der Waals surface area contributed by atoms with Gasteiger partial charge in [-0.2, -0.15) is 0 Å². The molecular formula is C16H32N2. The van der Waals surface area contributed by atoms with Crippen LogP contribution in [-0.2, 0) is 0 Å². The summed E-state index contributed by atoms with van der Waals surface area (Å²) in [5, 5.41) is 3.68. The first-order valence-corrected chi connectivity index (χ1v) is 8.09. The van der Waals surface area contributed by atoms with E-state index < -0.39 is 0 Å². The average Bonchev–Trinajstić information content (AvgIpc) is 2.37. The summed E-state index contributed by atoms with van der Waals surface area (Å²) < 4.78 is 0. The zero-order chi connectivity index (χ0) is 13.0. The Hall–Kier alpha value is -0.0800. The first kappa shape index (κ1) is 14.3. The molecular weight excluding hydrogens is 220 g/mol. The Morgan fingerprint density at radius 2 is 2.17 bits per heavy atom. The van der Waals surface area contributed by atoms with E-state index in [1.165, 1.54) is 64.7 Å². The Bertz CT molecular complexity index is 253. The fourth-order valence-corrected chi connectivity index (χ4v) is 3.76. The Morgan fingerprint density at radius 3 is 2.89 bits per heavy atom. The summed E-state index contributed by atoms with van der Waals surface area (Å²) in [6, 6.07) is 0. The number of nitrogens with one attached hydrogen (secondary N) is 1. The summed E-state index contributed by atoms with van der Waals surface area (Å²) in [6.07, 6.45) is 8.59. The van der Waals surface area contributed by atoms with Crippen LogP contribution in [0, 0.1) is 11.8 Å². The van der Waals surface area contributed by atoms with E-state index in [0.29, 0.717) is 5.54 Å². The van der Waals surface area contributed by atoms with Crippen LogP contribution < -0.4 is 5.32 Å². The Labute approximate surface area is 114 Å². The van der Waals surface area contributed by atoms with Gasteiger partial charge in [0, 0.05) is 25.2 Å². The van der Waals surface area contributed by atoms with Crippen molar-refractivity contribution in [3.63, 3.8) is 0 Å². The molecule has 2 fully saturated rings. The zero-order valence-electron chi connectivity index (χ0n) is 12.7. The third-order valence-electron chi connectivity index (χ3n) is 5.23. The minimum atomic E-state index is 0.359. The Morgan fingerprint density at radius 1 is 1.33 bits per heavy atom. The fourth-order valence-electron chi connectivity index (χ4n) is 3.76. The van der Waals surface area contributed by atoms with Gasteiger partial charge in [-0.25, -0.2) is 0 Å². The largest absolute Gasteiger partial charge is 0.309 e. The molecule has 2 heteroatoms. The van der Waals surface area contributed by atoms with Crippen LogP contribution in [0.5, 0.6) is 0 Å². The van der Waals surface area contributed by atoms with Crippen molar-refractivity contribution in [3.8, 4) is 0 Å². The number of rotatable bonds is 4. The van der Waals surface area contributed by atoms with Gasteiger partial charge in [-0.15, -0.1) is 0 Å². The maximum absolute atomic E-state index is 3.68. The van der Waals surface area contributed by atoms with E-state index in [9.17, 15) is 0 Å². The predicted octanol–water partition coefficient (Wildman–Crippen LogP) is 3.28. The monoisotopic (exact) mass is 252 g/mol. The second-order valence-corrected chi connectivity index (χ2v) is 7.04. The predicted molar refractivity (Wildman–Crippen MR) is 78.9 cm³/mol. The molecule has 1 saturated carbocycles. The summed E-state index contributed by atoms with van der Waals surface area (Å²) in [4.78, 5) is 2.69. The van der Waals surface area contributed by atoms with Gasteiger partial charge in [0.05, 0.1) is 0 Å². The van der Waals surface area contributed by atoms with Crippen LogP contribution in [0.3, 0.4) is 0 Å². The molecule has 0 bridgehead atoms. The van der Waals surface area contributed by atoms with Gasteiger partial charge in [0.2, 0.25) is 0 Å². The van der Waals surface area contributed by atoms with Crippen molar-refractivity contribution in [1.29, 1.82) is 0 Å². The van der Waals surface area contributed by atoms with Gasteiger partial charge in [-0.3, -0.25) is 0 Å². The number of nitrogens with zero attached hydrogens (tertiary/aromatic N) is 1. The molecule has 1 aliphatic heterocycles. The smallest absolute Gasteiger partial charge is 0.0278 e. The Kier molecular flexibility index (Phi) is 5.08. The van der Waals surface area contributed by atoms with Crippen molar-refractivity contribution < 1.29 is 0 Å². The molecule has 1 saturated heterocycles. The average molecular weight is 252 g/mol. The van der Waals surface area contributed by atoms with Gasteiger partial charge in [-0.05, 0) is 44.6 Å². The molecule has 2 nitrogen and oxygen atoms in total. The van der Waals surface area contributed by atoms with Crippen molar-refractivity contribution in [1.82, 2.24) is 10.2 Å². The lowest BCUT2D eigenvalue weighted by molar-refractivity contribution is 0.126. The van der Waals surface area contributed by atoms with E-state index in [2.05, 4.69) is 31.0 Å². The van der Waals surface area contributed by atoms with Gasteiger partial charge < -0.3 is 10.2 Å². The van der Waals surface area contributed by atoms with E-state index >= 15 is 0 Å². The van der Waals surface area contributed by atoms with Crippen molar-refractivity contribution in [3.05, 3.63) is 0 Å². The zero-order valence-corrected chi connectivity index (χ0v) is 12.7. The normalized spacial score (nSPS) is 38.8. The van der Waals surface area contributed by atoms with E-state index in [1.54, 1.807) is 0 Å². The lowest BCUT2D eigenvalue weighted by Crippen LogP contribution is -2.58. The van der Waals surface area contributed by atoms with Crippen LogP contribution >= 0.6 is 0 Å². The molecule has 0 aromatic rings. The first-order valence-electron chi connectivity index (χ1n) is 8.09. The number of hydrogen-bond donors (Lipinski definition) is 1. The highest BCUT2D eigenvalue weighted by molar-refractivity contribution is 4.89. The first-order chi connectivity index (χ1) is 8.61. The molecule has 0 aromatic heterocycles. The van der Waals surface area contributed by atoms with E-state index in [-0.39, 0.29) is 0 Å². The maximum atomic E-state index is 3.68. The molecule has 106 valence electrons. The van der Waals surface area contributed by atoms with Gasteiger partial charge in [0.25, 0.3) is 0 Å². The van der Waals surface area contributed by atoms with Crippen LogP contribution in [0.2, 0.25) is 0 Å². The third kappa shape index (κ3) is 3.96. The van der Waals surface area contributed by atoms with Crippen LogP contribution in [0.1, 0.15) is 59.3 Å². The highest BCUT2D eigenvalue weighted by Gasteiger charge is 2.29. The summed E-state index contributed by atoms with van der Waals surface area (Å²) in [5.74, 6) is 1.99. The molecule has 18 heavy (non-hydrogen) atoms. The van der Waals surface area contributed by atoms with Crippen LogP contribution in [0.25, 0.3) is 0 Å². The van der Waals surface area contributed by atoms with E-state index in [4.69, 9.17) is 0 Å². The maximum Gasteiger partial charge on any atom is 0.0278 e. The lowest BCUT2D eigenvalue weighted by atomic mass is 9.80. The molecule has 0 radical (unpaired) electrons. The van der Waals surface area contributed by atoms with Crippen molar-refractivity contribution in [2.45, 2.75) is 64.8 Å². The van der Waals surface area contributed by atoms with Crippen molar-refractivity contribution in [2.75, 3.05) is 26.2 Å². The third-order valence-corrected chi connectivity index (χ3v) is 5.23. The van der Waals surface area contributed by atoms with Crippen molar-refractivity contribution in [2.24, 2.45) is 11.8 Å². The topological polar surface area (TPSA) is 15.3 Å². The van der Waals surface area contributed by atoms with Gasteiger partial charge in [0.15, 0.2) is 0 Å². The molecule has 1 aliphatic carbocycles. The molecule has 3 unspecified atom stereocenters. The molecule has 0 amide bonds. The second-order valence-electron chi connectivity index (χ2n) is 7.04. The molecule has 1 N–H and O–H groups in total. The summed E-state index contributed by atoms with van der Waals surface area (Å²) in [5.41, 5.74) is 0.359. The quantitative estimate of drug-likeness (QED) is 0.826. The highest BCUT2D eigenvalue weighted by Crippen LogP contribution is 2.31. The molecule has 0 spiro atoms. The van der Waals surface area contributed by atoms with E-state index in [0.717, 1.165) is 11.8 Å². The minimum Gasteiger partial charge on any atom is -0.309 e. The van der Waals surface area contributed by atoms with Crippen LogP contribution in [0.4, 0.5) is 0 Å². The summed E-state index contributed by atoms with van der Waals surface area (Å²) in [6.45, 7) is 12.1. The lowest BCUT2D eigenvalue weighted by Gasteiger charge is -2.41. The number of hydrogen-bond acceptors (Lipinski definition) is 2. The van der Waals surface area contributed by atoms with Gasteiger partial charge in [0.1, 0.15) is 0 Å². The molecule has 2 aliphatic rings. The fraction of sp³-hybridized carbons (Fsp3) is 1.00. The molecule has 0 aromatic carbocycles. The van der Waals surface area contributed by atoms with Gasteiger partial charge in [-0.1, -0.05) is 33.1 Å². The summed E-state index contributed by atoms with van der Waals surface area (Å²) >= 11 is 0. The van der Waals surface area contributed by atoms with Crippen LogP contribution in [0.15, 0.2) is 0 Å². The summed E-state index contributed by atoms with van der Waals surface area (Å²) in [7, 11) is 0. The van der Waals surface area contributed by atoms with E-state index in [1.807, 2.05) is 0 Å². The standard InChI is InChI=1S/C16H32N2/c1-4-16(3)13-18(11-9-17-16)10-8-15-7-5-6-14(2)12-15/h14-15,17H,4-13H2,1-3H3. The van der Waals surface area contributed by atoms with Gasteiger partial charge >= 0.3 is 0 Å². The second kappa shape index (κ2) is 6.38. The van der Waals surface area contributed by atoms with Crippen molar-refractivity contribution >= 4 is 0 Å². The highest BCUT2D eigenvalue weighted by atomic mass is 15.2. The molecule has 2 rings (SSSR count). The van der Waals surface area contributed by atoms with Crippen LogP contribution in [-0.4, -0.2) is 36.6 Å². The molecule has 1 heterocycles. The SMILES string of the molecule is CCC1(C)CN(CCC2CCCC(C)C2)CCN1.